The number of rotatable bonds is 3. The molecule has 0 spiro atoms. The van der Waals surface area contributed by atoms with Crippen LogP contribution >= 0.6 is 0 Å². The van der Waals surface area contributed by atoms with E-state index in [1.54, 1.807) is 24.3 Å². The summed E-state index contributed by atoms with van der Waals surface area (Å²) < 4.78 is 5.41. The maximum Gasteiger partial charge on any atom is 0.260 e. The van der Waals surface area contributed by atoms with E-state index in [2.05, 4.69) is 23.1 Å². The van der Waals surface area contributed by atoms with E-state index in [1.165, 1.54) is 5.56 Å². The minimum absolute atomic E-state index is 0.252. The number of pyridine rings is 1. The average molecular weight is 355 g/mol. The van der Waals surface area contributed by atoms with Crippen molar-refractivity contribution in [3.63, 3.8) is 0 Å². The second-order valence-corrected chi connectivity index (χ2v) is 6.46. The van der Waals surface area contributed by atoms with Gasteiger partial charge in [-0.15, -0.1) is 0 Å². The molecule has 0 bridgehead atoms. The second kappa shape index (κ2) is 6.58. The Morgan fingerprint density at radius 2 is 1.89 bits per heavy atom. The van der Waals surface area contributed by atoms with E-state index >= 15 is 0 Å². The van der Waals surface area contributed by atoms with Crippen LogP contribution in [0.5, 0.6) is 0 Å². The highest BCUT2D eigenvalue weighted by atomic mass is 16.5. The molecule has 0 saturated carbocycles. The Bertz CT molecular complexity index is 1240. The third-order valence-corrected chi connectivity index (χ3v) is 4.67. The van der Waals surface area contributed by atoms with Crippen molar-refractivity contribution in [3.05, 3.63) is 75.7 Å². The van der Waals surface area contributed by atoms with Gasteiger partial charge < -0.3 is 9.51 Å². The van der Waals surface area contributed by atoms with Crippen LogP contribution in [0.15, 0.2) is 57.8 Å². The highest BCUT2D eigenvalue weighted by molar-refractivity contribution is 6.01. The van der Waals surface area contributed by atoms with E-state index in [-0.39, 0.29) is 5.56 Å². The number of hydrogen-bond acceptors (Lipinski definition) is 4. The van der Waals surface area contributed by atoms with Gasteiger partial charge in [-0.3, -0.25) is 4.79 Å². The number of nitrogens with one attached hydrogen (secondary N) is 1. The number of H-pyrrole nitrogens is 1. The molecule has 0 radical (unpaired) electrons. The molecular weight excluding hydrogens is 338 g/mol. The van der Waals surface area contributed by atoms with Gasteiger partial charge in [-0.2, -0.15) is 5.26 Å². The fourth-order valence-corrected chi connectivity index (χ4v) is 3.29. The Labute approximate surface area is 155 Å². The lowest BCUT2D eigenvalue weighted by atomic mass is 9.93. The zero-order valence-corrected chi connectivity index (χ0v) is 15.0. The van der Waals surface area contributed by atoms with Crippen molar-refractivity contribution in [1.29, 1.82) is 5.26 Å². The van der Waals surface area contributed by atoms with Crippen LogP contribution in [0.1, 0.15) is 23.7 Å². The van der Waals surface area contributed by atoms with Crippen LogP contribution in [0.4, 0.5) is 0 Å². The lowest BCUT2D eigenvalue weighted by molar-refractivity contribution is 0.427. The molecule has 132 valence electrons. The summed E-state index contributed by atoms with van der Waals surface area (Å²) in [6.45, 7) is 3.91. The molecule has 0 amide bonds. The zero-order valence-electron chi connectivity index (χ0n) is 15.0. The summed E-state index contributed by atoms with van der Waals surface area (Å²) in [6.07, 6.45) is 0.934. The van der Waals surface area contributed by atoms with Gasteiger partial charge in [-0.05, 0) is 42.7 Å². The lowest BCUT2D eigenvalue weighted by Crippen LogP contribution is -2.11. The van der Waals surface area contributed by atoms with E-state index in [9.17, 15) is 10.1 Å². The molecule has 0 atom stereocenters. The first kappa shape index (κ1) is 16.8. The number of nitrogens with zero attached hydrogens (tertiary/aromatic N) is 2. The fraction of sp³-hybridized carbons (Fsp3) is 0.136. The predicted octanol–water partition coefficient (Wildman–Crippen LogP) is 4.59. The predicted molar refractivity (Wildman–Crippen MR) is 104 cm³/mol. The molecule has 2 aromatic heterocycles. The Balaban J connectivity index is 2.13. The number of aryl methyl sites for hydroxylation is 2. The van der Waals surface area contributed by atoms with Gasteiger partial charge in [0.05, 0.1) is 22.9 Å². The molecule has 5 nitrogen and oxygen atoms in total. The molecule has 27 heavy (non-hydrogen) atoms. The molecule has 2 aromatic carbocycles. The van der Waals surface area contributed by atoms with Crippen molar-refractivity contribution in [1.82, 2.24) is 10.1 Å². The van der Waals surface area contributed by atoms with Gasteiger partial charge in [-0.1, -0.05) is 36.3 Å². The molecule has 5 heteroatoms. The normalized spacial score (nSPS) is 10.9. The number of hydrogen-bond donors (Lipinski definition) is 1. The molecule has 0 aliphatic rings. The van der Waals surface area contributed by atoms with Crippen LogP contribution < -0.4 is 5.56 Å². The molecule has 0 fully saturated rings. The Morgan fingerprint density at radius 3 is 2.52 bits per heavy atom. The molecule has 1 N–H and O–H groups in total. The zero-order chi connectivity index (χ0) is 19.0. The quantitative estimate of drug-likeness (QED) is 0.582. The second-order valence-electron chi connectivity index (χ2n) is 6.46. The van der Waals surface area contributed by atoms with Gasteiger partial charge in [0.1, 0.15) is 0 Å². The van der Waals surface area contributed by atoms with Crippen molar-refractivity contribution in [2.75, 3.05) is 0 Å². The number of aromatic nitrogens is 2. The molecule has 0 aliphatic heterocycles. The fourth-order valence-electron chi connectivity index (χ4n) is 3.29. The van der Waals surface area contributed by atoms with E-state index in [0.29, 0.717) is 28.1 Å². The summed E-state index contributed by atoms with van der Waals surface area (Å²) in [5.74, 6) is 0.410. The van der Waals surface area contributed by atoms with Gasteiger partial charge in [0.2, 0.25) is 0 Å². The van der Waals surface area contributed by atoms with E-state index in [0.717, 1.165) is 22.9 Å². The molecule has 0 aliphatic carbocycles. The van der Waals surface area contributed by atoms with Gasteiger partial charge in [0, 0.05) is 22.5 Å². The van der Waals surface area contributed by atoms with Crippen molar-refractivity contribution >= 4 is 10.9 Å². The summed E-state index contributed by atoms with van der Waals surface area (Å²) in [6, 6.07) is 17.2. The van der Waals surface area contributed by atoms with E-state index < -0.39 is 0 Å². The van der Waals surface area contributed by atoms with Crippen LogP contribution in [-0.4, -0.2) is 10.1 Å². The largest absolute Gasteiger partial charge is 0.356 e. The standard InChI is InChI=1S/C22H17N3O2/c1-3-14-4-7-16(8-5-14)20-17-11-15(12-23)6-9-18(17)24-22(26)21(20)19-10-13(2)25-27-19/h4-11H,3H2,1-2H3,(H,24,26). The van der Waals surface area contributed by atoms with Crippen LogP contribution in [-0.2, 0) is 6.42 Å². The topological polar surface area (TPSA) is 82.7 Å². The lowest BCUT2D eigenvalue weighted by Gasteiger charge is -2.12. The van der Waals surface area contributed by atoms with Crippen molar-refractivity contribution < 1.29 is 4.52 Å². The molecule has 0 saturated heterocycles. The minimum atomic E-state index is -0.252. The molecule has 0 unspecified atom stereocenters. The van der Waals surface area contributed by atoms with Gasteiger partial charge in [0.25, 0.3) is 5.56 Å². The number of fused-ring (bicyclic) bond motifs is 1. The first-order chi connectivity index (χ1) is 13.1. The van der Waals surface area contributed by atoms with Crippen molar-refractivity contribution in [2.24, 2.45) is 0 Å². The first-order valence-electron chi connectivity index (χ1n) is 8.74. The SMILES string of the molecule is CCc1ccc(-c2c(-c3cc(C)no3)c(=O)[nH]c3ccc(C#N)cc23)cc1. The summed E-state index contributed by atoms with van der Waals surface area (Å²) in [5.41, 5.74) is 4.91. The maximum atomic E-state index is 12.9. The van der Waals surface area contributed by atoms with Gasteiger partial charge >= 0.3 is 0 Å². The Morgan fingerprint density at radius 1 is 1.11 bits per heavy atom. The van der Waals surface area contributed by atoms with Crippen LogP contribution in [0.2, 0.25) is 0 Å². The van der Waals surface area contributed by atoms with Crippen LogP contribution in [0.25, 0.3) is 33.4 Å². The van der Waals surface area contributed by atoms with Crippen molar-refractivity contribution in [2.45, 2.75) is 20.3 Å². The molecule has 2 heterocycles. The summed E-state index contributed by atoms with van der Waals surface area (Å²) in [7, 11) is 0. The highest BCUT2D eigenvalue weighted by Crippen LogP contribution is 2.35. The Hall–Kier alpha value is -3.65. The third kappa shape index (κ3) is 2.91. The maximum absolute atomic E-state index is 12.9. The monoisotopic (exact) mass is 355 g/mol. The summed E-state index contributed by atoms with van der Waals surface area (Å²) >= 11 is 0. The van der Waals surface area contributed by atoms with E-state index in [1.807, 2.05) is 31.2 Å². The average Bonchev–Trinajstić information content (AvgIpc) is 3.12. The van der Waals surface area contributed by atoms with Crippen LogP contribution in [0.3, 0.4) is 0 Å². The Kier molecular flexibility index (Phi) is 4.09. The molecular formula is C22H17N3O2. The summed E-state index contributed by atoms with van der Waals surface area (Å²) in [4.78, 5) is 15.8. The van der Waals surface area contributed by atoms with Crippen molar-refractivity contribution in [3.8, 4) is 28.5 Å². The number of aromatic amines is 1. The minimum Gasteiger partial charge on any atom is -0.356 e. The van der Waals surface area contributed by atoms with Crippen LogP contribution in [0, 0.1) is 18.3 Å². The smallest absolute Gasteiger partial charge is 0.260 e. The number of benzene rings is 2. The van der Waals surface area contributed by atoms with Gasteiger partial charge in [0.15, 0.2) is 5.76 Å². The molecule has 4 aromatic rings. The summed E-state index contributed by atoms with van der Waals surface area (Å²) in [5, 5.41) is 14.0. The third-order valence-electron chi connectivity index (χ3n) is 4.67. The highest BCUT2D eigenvalue weighted by Gasteiger charge is 2.20. The number of nitriles is 1. The first-order valence-corrected chi connectivity index (χ1v) is 8.74. The van der Waals surface area contributed by atoms with Gasteiger partial charge in [-0.25, -0.2) is 0 Å². The van der Waals surface area contributed by atoms with E-state index in [4.69, 9.17) is 4.52 Å². The molecule has 4 rings (SSSR count).